The van der Waals surface area contributed by atoms with Crippen molar-refractivity contribution in [3.63, 3.8) is 0 Å². The van der Waals surface area contributed by atoms with Crippen LogP contribution in [-0.2, 0) is 0 Å². The summed E-state index contributed by atoms with van der Waals surface area (Å²) in [7, 11) is 0. The van der Waals surface area contributed by atoms with Gasteiger partial charge in [0.2, 0.25) is 11.7 Å². The standard InChI is InChI=1S/C22H27N5O/c1-4-15(2)17-10-12-19(13-11-17)25-22(23)24-14-16(3)21-26-20(27-28-21)18-8-6-5-7-9-18/h5-13,15-16H,4,14H2,1-3H3,(H3,23,24,25). The van der Waals surface area contributed by atoms with E-state index in [1.165, 1.54) is 5.56 Å². The lowest BCUT2D eigenvalue weighted by atomic mass is 9.99. The molecule has 28 heavy (non-hydrogen) atoms. The van der Waals surface area contributed by atoms with Crippen LogP contribution in [0.1, 0.15) is 50.5 Å². The van der Waals surface area contributed by atoms with Crippen molar-refractivity contribution in [3.8, 4) is 11.4 Å². The lowest BCUT2D eigenvalue weighted by Crippen LogP contribution is -2.23. The van der Waals surface area contributed by atoms with E-state index in [9.17, 15) is 0 Å². The number of aromatic nitrogens is 2. The molecule has 2 unspecified atom stereocenters. The third kappa shape index (κ3) is 4.97. The molecule has 3 rings (SSSR count). The average Bonchev–Trinajstić information content (AvgIpc) is 3.23. The Hall–Kier alpha value is -3.15. The number of nitrogens with zero attached hydrogens (tertiary/aromatic N) is 3. The molecular weight excluding hydrogens is 350 g/mol. The predicted molar refractivity (Wildman–Crippen MR) is 113 cm³/mol. The van der Waals surface area contributed by atoms with Gasteiger partial charge in [0.05, 0.1) is 12.5 Å². The van der Waals surface area contributed by atoms with Gasteiger partial charge in [0.25, 0.3) is 0 Å². The number of hydrogen-bond acceptors (Lipinski definition) is 4. The van der Waals surface area contributed by atoms with Gasteiger partial charge in [-0.25, -0.2) is 0 Å². The summed E-state index contributed by atoms with van der Waals surface area (Å²) in [6.07, 6.45) is 1.12. The van der Waals surface area contributed by atoms with Crippen LogP contribution < -0.4 is 11.1 Å². The van der Waals surface area contributed by atoms with Crippen molar-refractivity contribution >= 4 is 11.6 Å². The number of nitrogens with two attached hydrogens (primary N) is 1. The molecule has 3 aromatic rings. The summed E-state index contributed by atoms with van der Waals surface area (Å²) in [6, 6.07) is 18.0. The van der Waals surface area contributed by atoms with Crippen LogP contribution in [0.25, 0.3) is 11.4 Å². The van der Waals surface area contributed by atoms with Gasteiger partial charge in [0, 0.05) is 11.3 Å². The number of anilines is 1. The highest BCUT2D eigenvalue weighted by Crippen LogP contribution is 2.21. The van der Waals surface area contributed by atoms with Gasteiger partial charge in [-0.15, -0.1) is 0 Å². The minimum Gasteiger partial charge on any atom is -0.370 e. The van der Waals surface area contributed by atoms with Gasteiger partial charge < -0.3 is 15.6 Å². The lowest BCUT2D eigenvalue weighted by molar-refractivity contribution is 0.361. The minimum atomic E-state index is -0.0295. The molecule has 0 aliphatic carbocycles. The minimum absolute atomic E-state index is 0.0295. The fourth-order valence-corrected chi connectivity index (χ4v) is 2.77. The van der Waals surface area contributed by atoms with Crippen LogP contribution in [-0.4, -0.2) is 22.6 Å². The molecule has 1 heterocycles. The molecule has 0 aliphatic rings. The molecule has 0 fully saturated rings. The Morgan fingerprint density at radius 3 is 2.46 bits per heavy atom. The van der Waals surface area contributed by atoms with E-state index in [0.29, 0.717) is 30.1 Å². The Kier molecular flexibility index (Phi) is 6.42. The fraction of sp³-hybridized carbons (Fsp3) is 0.318. The third-order valence-corrected chi connectivity index (χ3v) is 4.80. The molecule has 0 saturated carbocycles. The van der Waals surface area contributed by atoms with Gasteiger partial charge in [0.15, 0.2) is 5.96 Å². The first-order chi connectivity index (χ1) is 13.6. The Bertz CT molecular complexity index is 902. The molecule has 0 amide bonds. The van der Waals surface area contributed by atoms with Gasteiger partial charge in [-0.3, -0.25) is 4.99 Å². The molecule has 0 saturated heterocycles. The molecule has 0 aliphatic heterocycles. The molecule has 146 valence electrons. The van der Waals surface area contributed by atoms with Gasteiger partial charge in [-0.2, -0.15) is 4.98 Å². The second-order valence-corrected chi connectivity index (χ2v) is 7.01. The van der Waals surface area contributed by atoms with Crippen LogP contribution >= 0.6 is 0 Å². The van der Waals surface area contributed by atoms with E-state index in [-0.39, 0.29) is 5.92 Å². The highest BCUT2D eigenvalue weighted by Gasteiger charge is 2.15. The molecule has 2 atom stereocenters. The topological polar surface area (TPSA) is 89.3 Å². The Balaban J connectivity index is 1.58. The maximum absolute atomic E-state index is 6.02. The number of rotatable bonds is 7. The van der Waals surface area contributed by atoms with Crippen molar-refractivity contribution in [2.24, 2.45) is 10.7 Å². The Morgan fingerprint density at radius 2 is 1.79 bits per heavy atom. The molecule has 0 bridgehead atoms. The summed E-state index contributed by atoms with van der Waals surface area (Å²) in [4.78, 5) is 8.88. The van der Waals surface area contributed by atoms with Gasteiger partial charge >= 0.3 is 0 Å². The van der Waals surface area contributed by atoms with Crippen molar-refractivity contribution in [2.45, 2.75) is 39.0 Å². The van der Waals surface area contributed by atoms with Crippen molar-refractivity contribution in [1.82, 2.24) is 10.1 Å². The smallest absolute Gasteiger partial charge is 0.231 e. The van der Waals surface area contributed by atoms with Gasteiger partial charge in [-0.1, -0.05) is 68.4 Å². The molecule has 0 spiro atoms. The van der Waals surface area contributed by atoms with E-state index in [0.717, 1.165) is 17.7 Å². The number of aliphatic imine (C=N–C) groups is 1. The fourth-order valence-electron chi connectivity index (χ4n) is 2.77. The second-order valence-electron chi connectivity index (χ2n) is 7.01. The molecule has 0 radical (unpaired) electrons. The van der Waals surface area contributed by atoms with Crippen molar-refractivity contribution in [3.05, 3.63) is 66.1 Å². The maximum Gasteiger partial charge on any atom is 0.231 e. The zero-order chi connectivity index (χ0) is 19.9. The summed E-state index contributed by atoms with van der Waals surface area (Å²) >= 11 is 0. The summed E-state index contributed by atoms with van der Waals surface area (Å²) in [5, 5.41) is 7.18. The molecule has 6 heteroatoms. The quantitative estimate of drug-likeness (QED) is 0.457. The zero-order valence-corrected chi connectivity index (χ0v) is 16.6. The van der Waals surface area contributed by atoms with Crippen LogP contribution in [0.15, 0.2) is 64.1 Å². The van der Waals surface area contributed by atoms with Crippen LogP contribution in [0.5, 0.6) is 0 Å². The number of nitrogens with one attached hydrogen (secondary N) is 1. The van der Waals surface area contributed by atoms with E-state index in [1.54, 1.807) is 0 Å². The number of guanidine groups is 1. The average molecular weight is 377 g/mol. The van der Waals surface area contributed by atoms with Crippen LogP contribution in [0.2, 0.25) is 0 Å². The molecular formula is C22H27N5O. The first-order valence-electron chi connectivity index (χ1n) is 9.62. The van der Waals surface area contributed by atoms with Crippen LogP contribution in [0.4, 0.5) is 5.69 Å². The largest absolute Gasteiger partial charge is 0.370 e. The SMILES string of the molecule is CCC(C)c1ccc(NC(N)=NCC(C)c2nc(-c3ccccc3)no2)cc1. The molecule has 3 N–H and O–H groups in total. The summed E-state index contributed by atoms with van der Waals surface area (Å²) in [5.74, 6) is 2.02. The highest BCUT2D eigenvalue weighted by molar-refractivity contribution is 5.92. The first kappa shape index (κ1) is 19.6. The molecule has 2 aromatic carbocycles. The lowest BCUT2D eigenvalue weighted by Gasteiger charge is -2.11. The highest BCUT2D eigenvalue weighted by atomic mass is 16.5. The zero-order valence-electron chi connectivity index (χ0n) is 16.6. The maximum atomic E-state index is 6.02. The van der Waals surface area contributed by atoms with Crippen LogP contribution in [0.3, 0.4) is 0 Å². The van der Waals surface area contributed by atoms with Gasteiger partial charge in [0.1, 0.15) is 0 Å². The Morgan fingerprint density at radius 1 is 1.07 bits per heavy atom. The first-order valence-corrected chi connectivity index (χ1v) is 9.62. The number of hydrogen-bond donors (Lipinski definition) is 2. The van der Waals surface area contributed by atoms with Crippen molar-refractivity contribution in [2.75, 3.05) is 11.9 Å². The predicted octanol–water partition coefficient (Wildman–Crippen LogP) is 4.78. The molecule has 6 nitrogen and oxygen atoms in total. The summed E-state index contributed by atoms with van der Waals surface area (Å²) in [5.41, 5.74) is 9.19. The van der Waals surface area contributed by atoms with Gasteiger partial charge in [-0.05, 0) is 30.0 Å². The van der Waals surface area contributed by atoms with Crippen molar-refractivity contribution < 1.29 is 4.52 Å². The summed E-state index contributed by atoms with van der Waals surface area (Å²) in [6.45, 7) is 6.86. The normalized spacial score (nSPS) is 13.9. The molecule has 1 aromatic heterocycles. The van der Waals surface area contributed by atoms with E-state index in [4.69, 9.17) is 10.3 Å². The Labute approximate surface area is 165 Å². The number of benzene rings is 2. The van der Waals surface area contributed by atoms with E-state index in [1.807, 2.05) is 49.4 Å². The summed E-state index contributed by atoms with van der Waals surface area (Å²) < 4.78 is 5.39. The van der Waals surface area contributed by atoms with E-state index in [2.05, 4.69) is 46.4 Å². The third-order valence-electron chi connectivity index (χ3n) is 4.80. The van der Waals surface area contributed by atoms with E-state index < -0.39 is 0 Å². The van der Waals surface area contributed by atoms with E-state index >= 15 is 0 Å². The monoisotopic (exact) mass is 377 g/mol. The second kappa shape index (κ2) is 9.17. The van der Waals surface area contributed by atoms with Crippen LogP contribution in [0, 0.1) is 0 Å². The van der Waals surface area contributed by atoms with Crippen molar-refractivity contribution in [1.29, 1.82) is 0 Å².